The van der Waals surface area contributed by atoms with Gasteiger partial charge in [0.2, 0.25) is 0 Å². The van der Waals surface area contributed by atoms with Crippen molar-refractivity contribution in [1.82, 2.24) is 10.6 Å². The van der Waals surface area contributed by atoms with Gasteiger partial charge in [0.25, 0.3) is 0 Å². The van der Waals surface area contributed by atoms with Gasteiger partial charge in [-0.15, -0.1) is 0 Å². The fourth-order valence-electron chi connectivity index (χ4n) is 0.901. The molecule has 7 nitrogen and oxygen atoms in total. The number of carbonyl (C=O) groups excluding carboxylic acids is 2. The monoisotopic (exact) mass is 243 g/mol. The van der Waals surface area contributed by atoms with Gasteiger partial charge < -0.3 is 20.1 Å². The van der Waals surface area contributed by atoms with Gasteiger partial charge >= 0.3 is 11.8 Å². The summed E-state index contributed by atoms with van der Waals surface area (Å²) in [6.45, 7) is 1.71. The maximum absolute atomic E-state index is 11.1. The van der Waals surface area contributed by atoms with Crippen LogP contribution in [0.4, 0.5) is 0 Å². The minimum absolute atomic E-state index is 0.174. The molecule has 0 rings (SSSR count). The van der Waals surface area contributed by atoms with Gasteiger partial charge in [-0.3, -0.25) is 9.59 Å². The number of nitriles is 1. The van der Waals surface area contributed by atoms with Crippen molar-refractivity contribution in [1.29, 1.82) is 5.26 Å². The van der Waals surface area contributed by atoms with Gasteiger partial charge in [0.1, 0.15) is 6.54 Å². The van der Waals surface area contributed by atoms with Crippen molar-refractivity contribution in [2.24, 2.45) is 0 Å². The van der Waals surface area contributed by atoms with E-state index in [1.165, 1.54) is 0 Å². The maximum Gasteiger partial charge on any atom is 0.310 e. The van der Waals surface area contributed by atoms with Crippen LogP contribution in [0.25, 0.3) is 0 Å². The molecule has 2 N–H and O–H groups in total. The van der Waals surface area contributed by atoms with Crippen LogP contribution in [0, 0.1) is 11.3 Å². The van der Waals surface area contributed by atoms with Gasteiger partial charge in [0.05, 0.1) is 19.3 Å². The summed E-state index contributed by atoms with van der Waals surface area (Å²) in [7, 11) is 1.59. The number of methoxy groups -OCH3 is 1. The molecule has 0 radical (unpaired) electrons. The van der Waals surface area contributed by atoms with Gasteiger partial charge in [0, 0.05) is 20.3 Å². The Balaban J connectivity index is 3.39. The Labute approximate surface area is 100 Å². The molecular formula is C10H17N3O4. The van der Waals surface area contributed by atoms with Crippen LogP contribution in [0.3, 0.4) is 0 Å². The Morgan fingerprint density at radius 1 is 1.18 bits per heavy atom. The highest BCUT2D eigenvalue weighted by Crippen LogP contribution is 1.82. The molecule has 2 amide bonds. The molecule has 0 aromatic carbocycles. The predicted octanol–water partition coefficient (Wildman–Crippen LogP) is -1.20. The van der Waals surface area contributed by atoms with Crippen molar-refractivity contribution in [3.63, 3.8) is 0 Å². The minimum Gasteiger partial charge on any atom is -0.382 e. The predicted molar refractivity (Wildman–Crippen MR) is 58.9 cm³/mol. The van der Waals surface area contributed by atoms with Crippen molar-refractivity contribution in [3.8, 4) is 6.07 Å². The van der Waals surface area contributed by atoms with Crippen molar-refractivity contribution >= 4 is 11.8 Å². The second-order valence-electron chi connectivity index (χ2n) is 3.06. The first-order valence-electron chi connectivity index (χ1n) is 5.22. The van der Waals surface area contributed by atoms with Gasteiger partial charge in [0.15, 0.2) is 0 Å². The van der Waals surface area contributed by atoms with Gasteiger partial charge in [-0.1, -0.05) is 0 Å². The average Bonchev–Trinajstić information content (AvgIpc) is 2.34. The molecule has 0 heterocycles. The van der Waals surface area contributed by atoms with E-state index in [0.717, 1.165) is 0 Å². The number of hydrogen-bond acceptors (Lipinski definition) is 5. The zero-order valence-electron chi connectivity index (χ0n) is 9.82. The number of rotatable bonds is 8. The van der Waals surface area contributed by atoms with E-state index in [1.54, 1.807) is 13.2 Å². The highest BCUT2D eigenvalue weighted by Gasteiger charge is 2.10. The minimum atomic E-state index is -0.799. The molecule has 0 aliphatic heterocycles. The van der Waals surface area contributed by atoms with E-state index >= 15 is 0 Å². The summed E-state index contributed by atoms with van der Waals surface area (Å²) in [5, 5.41) is 12.7. The van der Waals surface area contributed by atoms with Crippen LogP contribution in [-0.2, 0) is 19.1 Å². The summed E-state index contributed by atoms with van der Waals surface area (Å²) in [6.07, 6.45) is 0.612. The molecule has 0 atom stereocenters. The van der Waals surface area contributed by atoms with E-state index < -0.39 is 11.8 Å². The summed E-state index contributed by atoms with van der Waals surface area (Å²) in [6, 6.07) is 1.71. The van der Waals surface area contributed by atoms with Crippen LogP contribution in [0.15, 0.2) is 0 Å². The zero-order chi connectivity index (χ0) is 12.9. The summed E-state index contributed by atoms with van der Waals surface area (Å²) >= 11 is 0. The van der Waals surface area contributed by atoms with Crippen molar-refractivity contribution < 1.29 is 19.1 Å². The first-order chi connectivity index (χ1) is 8.22. The lowest BCUT2D eigenvalue weighted by atomic mass is 10.4. The summed E-state index contributed by atoms with van der Waals surface area (Å²) in [5.74, 6) is -1.54. The van der Waals surface area contributed by atoms with Crippen molar-refractivity contribution in [3.05, 3.63) is 0 Å². The second-order valence-corrected chi connectivity index (χ2v) is 3.06. The number of hydrogen-bond donors (Lipinski definition) is 2. The largest absolute Gasteiger partial charge is 0.382 e. The Bertz CT molecular complexity index is 275. The van der Waals surface area contributed by atoms with Gasteiger partial charge in [-0.2, -0.15) is 5.26 Å². The lowest BCUT2D eigenvalue weighted by Crippen LogP contribution is -2.40. The van der Waals surface area contributed by atoms with E-state index in [2.05, 4.69) is 10.6 Å². The molecule has 0 saturated carbocycles. The Hall–Kier alpha value is -1.65. The third-order valence-corrected chi connectivity index (χ3v) is 1.72. The van der Waals surface area contributed by atoms with E-state index in [1.807, 2.05) is 0 Å². The third-order valence-electron chi connectivity index (χ3n) is 1.72. The van der Waals surface area contributed by atoms with E-state index in [0.29, 0.717) is 32.8 Å². The molecule has 0 aromatic heterocycles. The van der Waals surface area contributed by atoms with Crippen LogP contribution < -0.4 is 10.6 Å². The molecule has 0 fully saturated rings. The highest BCUT2D eigenvalue weighted by atomic mass is 16.5. The molecule has 0 aromatic rings. The smallest absolute Gasteiger partial charge is 0.310 e. The first kappa shape index (κ1) is 15.3. The molecule has 96 valence electrons. The number of nitrogens with zero attached hydrogens (tertiary/aromatic N) is 1. The molecule has 0 spiro atoms. The summed E-state index contributed by atoms with van der Waals surface area (Å²) < 4.78 is 9.94. The Kier molecular flexibility index (Phi) is 9.80. The van der Waals surface area contributed by atoms with Gasteiger partial charge in [-0.05, 0) is 6.42 Å². The summed E-state index contributed by atoms with van der Waals surface area (Å²) in [4.78, 5) is 22.1. The van der Waals surface area contributed by atoms with Crippen LogP contribution in [0.1, 0.15) is 6.42 Å². The number of ether oxygens (including phenoxy) is 2. The number of amides is 2. The molecule has 0 saturated heterocycles. The molecule has 0 aliphatic carbocycles. The van der Waals surface area contributed by atoms with E-state index in [-0.39, 0.29) is 6.54 Å². The maximum atomic E-state index is 11.1. The number of carbonyl (C=O) groups is 2. The molecule has 7 heteroatoms. The first-order valence-corrected chi connectivity index (χ1v) is 5.22. The van der Waals surface area contributed by atoms with Crippen LogP contribution in [0.2, 0.25) is 0 Å². The molecular weight excluding hydrogens is 226 g/mol. The van der Waals surface area contributed by atoms with Crippen LogP contribution in [0.5, 0.6) is 0 Å². The zero-order valence-corrected chi connectivity index (χ0v) is 9.82. The third kappa shape index (κ3) is 9.29. The molecule has 0 bridgehead atoms. The lowest BCUT2D eigenvalue weighted by Gasteiger charge is -2.05. The molecule has 0 aliphatic rings. The SMILES string of the molecule is COCCOCCCNC(=O)C(=O)NCC#N. The molecule has 0 unspecified atom stereocenters. The topological polar surface area (TPSA) is 100 Å². The lowest BCUT2D eigenvalue weighted by molar-refractivity contribution is -0.139. The Morgan fingerprint density at radius 2 is 1.88 bits per heavy atom. The highest BCUT2D eigenvalue weighted by molar-refractivity contribution is 6.35. The molecule has 17 heavy (non-hydrogen) atoms. The van der Waals surface area contributed by atoms with Crippen molar-refractivity contribution in [2.45, 2.75) is 6.42 Å². The van der Waals surface area contributed by atoms with Crippen LogP contribution >= 0.6 is 0 Å². The quantitative estimate of drug-likeness (QED) is 0.317. The Morgan fingerprint density at radius 3 is 2.53 bits per heavy atom. The van der Waals surface area contributed by atoms with Gasteiger partial charge in [-0.25, -0.2) is 0 Å². The normalized spacial score (nSPS) is 9.41. The fourth-order valence-corrected chi connectivity index (χ4v) is 0.901. The fraction of sp³-hybridized carbons (Fsp3) is 0.700. The van der Waals surface area contributed by atoms with Crippen molar-refractivity contribution in [2.75, 3.05) is 40.0 Å². The van der Waals surface area contributed by atoms with E-state index in [4.69, 9.17) is 14.7 Å². The summed E-state index contributed by atoms with van der Waals surface area (Å²) in [5.41, 5.74) is 0. The van der Waals surface area contributed by atoms with E-state index in [9.17, 15) is 9.59 Å². The van der Waals surface area contributed by atoms with Crippen LogP contribution in [-0.4, -0.2) is 51.8 Å². The standard InChI is InChI=1S/C10H17N3O4/c1-16-7-8-17-6-2-4-12-9(14)10(15)13-5-3-11/h2,4-8H2,1H3,(H,12,14)(H,13,15). The second kappa shape index (κ2) is 10.9. The average molecular weight is 243 g/mol. The number of nitrogens with one attached hydrogen (secondary N) is 2.